The van der Waals surface area contributed by atoms with Gasteiger partial charge in [0.15, 0.2) is 0 Å². The number of hydrogen-bond acceptors (Lipinski definition) is 1. The number of ether oxygens (including phenoxy) is 1. The Morgan fingerprint density at radius 2 is 1.14 bits per heavy atom. The molecule has 3 rings (SSSR count). The van der Waals surface area contributed by atoms with Gasteiger partial charge in [0.05, 0.1) is 0 Å². The first-order chi connectivity index (χ1) is 10.4. The summed E-state index contributed by atoms with van der Waals surface area (Å²) in [4.78, 5) is 0. The zero-order chi connectivity index (χ0) is 14.5. The van der Waals surface area contributed by atoms with Gasteiger partial charge in [-0.1, -0.05) is 0 Å². The summed E-state index contributed by atoms with van der Waals surface area (Å²) < 4.78 is 9.59. The molecule has 0 N–H and O–H groups in total. The summed E-state index contributed by atoms with van der Waals surface area (Å²) in [5.74, 6) is 0.924. The molecule has 1 nitrogen and oxygen atoms in total. The molecule has 0 fully saturated rings. The van der Waals surface area contributed by atoms with E-state index in [0.717, 1.165) is 5.75 Å². The van der Waals surface area contributed by atoms with Gasteiger partial charge in [0.25, 0.3) is 0 Å². The quantitative estimate of drug-likeness (QED) is 0.662. The number of hydrogen-bond donors (Lipinski definition) is 0. The second kappa shape index (κ2) is 6.62. The fraction of sp³-hybridized carbons (Fsp3) is 0.0526. The van der Waals surface area contributed by atoms with Gasteiger partial charge in [0.2, 0.25) is 0 Å². The van der Waals surface area contributed by atoms with E-state index in [0.29, 0.717) is 0 Å². The molecule has 0 atom stereocenters. The van der Waals surface area contributed by atoms with Crippen molar-refractivity contribution in [3.63, 3.8) is 0 Å². The molecule has 0 aliphatic rings. The molecule has 2 heteroatoms. The van der Waals surface area contributed by atoms with Crippen molar-refractivity contribution in [2.75, 3.05) is 7.11 Å². The summed E-state index contributed by atoms with van der Waals surface area (Å²) in [7, 11) is 1.72. The van der Waals surface area contributed by atoms with Crippen LogP contribution in [0.2, 0.25) is 0 Å². The SMILES string of the molecule is COc1cccc([Se](c2ccccc2)c2ccccc2)c1. The monoisotopic (exact) mass is 341 g/mol. The van der Waals surface area contributed by atoms with E-state index >= 15 is 0 Å². The maximum absolute atomic E-state index is 5.40. The van der Waals surface area contributed by atoms with Crippen LogP contribution in [0.5, 0.6) is 5.75 Å². The van der Waals surface area contributed by atoms with Crippen molar-refractivity contribution in [2.45, 2.75) is 0 Å². The Bertz CT molecular complexity index is 656. The molecule has 0 aromatic heterocycles. The predicted molar refractivity (Wildman–Crippen MR) is 90.5 cm³/mol. The average Bonchev–Trinajstić information content (AvgIpc) is 2.57. The van der Waals surface area contributed by atoms with Gasteiger partial charge in [-0.25, -0.2) is 0 Å². The Morgan fingerprint density at radius 1 is 0.619 bits per heavy atom. The van der Waals surface area contributed by atoms with Gasteiger partial charge in [-0.05, 0) is 0 Å². The Labute approximate surface area is 130 Å². The molecular formula is C19H17OSe. The average molecular weight is 340 g/mol. The third-order valence-electron chi connectivity index (χ3n) is 3.23. The maximum atomic E-state index is 5.40. The molecule has 0 spiro atoms. The molecule has 0 saturated heterocycles. The van der Waals surface area contributed by atoms with Gasteiger partial charge >= 0.3 is 130 Å². The van der Waals surface area contributed by atoms with E-state index in [1.54, 1.807) is 7.11 Å². The summed E-state index contributed by atoms with van der Waals surface area (Å²) in [6.07, 6.45) is 0. The van der Waals surface area contributed by atoms with Crippen molar-refractivity contribution < 1.29 is 4.74 Å². The summed E-state index contributed by atoms with van der Waals surface area (Å²) >= 11 is -1.27. The molecule has 3 aromatic rings. The van der Waals surface area contributed by atoms with Gasteiger partial charge in [0, 0.05) is 0 Å². The molecule has 0 unspecified atom stereocenters. The van der Waals surface area contributed by atoms with E-state index in [1.807, 2.05) is 6.07 Å². The molecule has 0 amide bonds. The molecule has 0 saturated carbocycles. The van der Waals surface area contributed by atoms with Crippen LogP contribution in [-0.2, 0) is 0 Å². The van der Waals surface area contributed by atoms with Crippen LogP contribution in [0.15, 0.2) is 84.9 Å². The predicted octanol–water partition coefficient (Wildman–Crippen LogP) is 2.21. The van der Waals surface area contributed by atoms with E-state index in [2.05, 4.69) is 78.9 Å². The molecule has 21 heavy (non-hydrogen) atoms. The molecule has 0 aliphatic heterocycles. The first kappa shape index (κ1) is 13.9. The molecule has 105 valence electrons. The van der Waals surface area contributed by atoms with Crippen LogP contribution >= 0.6 is 0 Å². The molecular weight excluding hydrogens is 323 g/mol. The van der Waals surface area contributed by atoms with Crippen LogP contribution in [0.1, 0.15) is 0 Å². The molecule has 0 bridgehead atoms. The summed E-state index contributed by atoms with van der Waals surface area (Å²) in [6.45, 7) is 0. The van der Waals surface area contributed by atoms with Gasteiger partial charge in [-0.2, -0.15) is 0 Å². The van der Waals surface area contributed by atoms with Crippen LogP contribution in [0.25, 0.3) is 0 Å². The second-order valence-electron chi connectivity index (χ2n) is 4.61. The minimum absolute atomic E-state index is 0.924. The zero-order valence-electron chi connectivity index (χ0n) is 11.9. The second-order valence-corrected chi connectivity index (χ2v) is 8.86. The number of benzene rings is 3. The van der Waals surface area contributed by atoms with Crippen molar-refractivity contribution in [3.8, 4) is 5.75 Å². The first-order valence-electron chi connectivity index (χ1n) is 6.87. The third kappa shape index (κ3) is 3.18. The van der Waals surface area contributed by atoms with Crippen LogP contribution < -0.4 is 18.1 Å². The van der Waals surface area contributed by atoms with Crippen LogP contribution in [-0.4, -0.2) is 21.0 Å². The van der Waals surface area contributed by atoms with Crippen LogP contribution in [0.3, 0.4) is 0 Å². The van der Waals surface area contributed by atoms with Crippen molar-refractivity contribution in [2.24, 2.45) is 0 Å². The fourth-order valence-electron chi connectivity index (χ4n) is 2.25. The van der Waals surface area contributed by atoms with Gasteiger partial charge in [-0.3, -0.25) is 0 Å². The van der Waals surface area contributed by atoms with Crippen LogP contribution in [0, 0.1) is 0 Å². The Morgan fingerprint density at radius 3 is 1.67 bits per heavy atom. The zero-order valence-corrected chi connectivity index (χ0v) is 13.6. The summed E-state index contributed by atoms with van der Waals surface area (Å²) in [6, 6.07) is 30.0. The van der Waals surface area contributed by atoms with E-state index in [-0.39, 0.29) is 0 Å². The Kier molecular flexibility index (Phi) is 4.40. The summed E-state index contributed by atoms with van der Waals surface area (Å²) in [5.41, 5.74) is 0. The summed E-state index contributed by atoms with van der Waals surface area (Å²) in [5, 5.41) is 0. The third-order valence-corrected chi connectivity index (χ3v) is 7.88. The topological polar surface area (TPSA) is 9.23 Å². The Balaban J connectivity index is 2.12. The molecule has 3 aromatic carbocycles. The standard InChI is InChI=1S/C19H17OSe/c1-20-16-9-8-14-19(15-16)21(17-10-4-2-5-11-17)18-12-6-3-7-13-18/h2-15H,1H3. The van der Waals surface area contributed by atoms with E-state index in [4.69, 9.17) is 4.74 Å². The van der Waals surface area contributed by atoms with Gasteiger partial charge in [0.1, 0.15) is 0 Å². The van der Waals surface area contributed by atoms with E-state index in [9.17, 15) is 0 Å². The van der Waals surface area contributed by atoms with E-state index in [1.165, 1.54) is 13.4 Å². The van der Waals surface area contributed by atoms with Crippen molar-refractivity contribution in [3.05, 3.63) is 84.9 Å². The first-order valence-corrected chi connectivity index (χ1v) is 9.44. The van der Waals surface area contributed by atoms with Gasteiger partial charge < -0.3 is 0 Å². The minimum atomic E-state index is -1.27. The van der Waals surface area contributed by atoms with Crippen molar-refractivity contribution in [1.29, 1.82) is 0 Å². The van der Waals surface area contributed by atoms with Crippen molar-refractivity contribution in [1.82, 2.24) is 0 Å². The Hall–Kier alpha value is -2.02. The number of rotatable bonds is 4. The number of methoxy groups -OCH3 is 1. The normalized spacial score (nSPS) is 10.6. The molecule has 0 heterocycles. The van der Waals surface area contributed by atoms with E-state index < -0.39 is 13.9 Å². The molecule has 1 radical (unpaired) electrons. The van der Waals surface area contributed by atoms with Gasteiger partial charge in [-0.15, -0.1) is 0 Å². The van der Waals surface area contributed by atoms with Crippen molar-refractivity contribution >= 4 is 27.3 Å². The molecule has 0 aliphatic carbocycles. The fourth-order valence-corrected chi connectivity index (χ4v) is 6.71. The van der Waals surface area contributed by atoms with Crippen LogP contribution in [0.4, 0.5) is 0 Å².